The van der Waals surface area contributed by atoms with Gasteiger partial charge in [0.05, 0.1) is 17.1 Å². The molecule has 2 heterocycles. The molecule has 1 aliphatic rings. The number of nitrogens with zero attached hydrogens (tertiary/aromatic N) is 2. The number of amides is 1. The van der Waals surface area contributed by atoms with Gasteiger partial charge in [-0.05, 0) is 45.4 Å². The van der Waals surface area contributed by atoms with Crippen molar-refractivity contribution in [1.82, 2.24) is 20.2 Å². The molecule has 1 saturated heterocycles. The van der Waals surface area contributed by atoms with Crippen molar-refractivity contribution in [3.8, 4) is 0 Å². The summed E-state index contributed by atoms with van der Waals surface area (Å²) in [6, 6.07) is 8.36. The molecule has 1 aromatic carbocycles. The molecule has 1 fully saturated rings. The molecular formula is C17H24N4O. The standard InChI is InChI=1S/C17H24N4O/c1-3-21-15-9-5-4-8-14(15)20-17(21)12(2)19-16(22)11-13-7-6-10-18-13/h4-5,8-9,12-13,18H,3,6-7,10-11H2,1-2H3,(H,19,22). The zero-order chi connectivity index (χ0) is 15.5. The number of fused-ring (bicyclic) bond motifs is 1. The third-order valence-corrected chi connectivity index (χ3v) is 4.36. The van der Waals surface area contributed by atoms with Gasteiger partial charge in [-0.25, -0.2) is 4.98 Å². The van der Waals surface area contributed by atoms with E-state index in [0.29, 0.717) is 12.5 Å². The highest BCUT2D eigenvalue weighted by molar-refractivity contribution is 5.78. The van der Waals surface area contributed by atoms with Gasteiger partial charge in [-0.2, -0.15) is 0 Å². The Bertz CT molecular complexity index is 658. The van der Waals surface area contributed by atoms with Crippen molar-refractivity contribution in [2.45, 2.75) is 51.7 Å². The molecule has 0 saturated carbocycles. The predicted molar refractivity (Wildman–Crippen MR) is 87.6 cm³/mol. The SMILES string of the molecule is CCn1c(C(C)NC(=O)CC2CCCN2)nc2ccccc21. The van der Waals surface area contributed by atoms with Gasteiger partial charge in [0.1, 0.15) is 5.82 Å². The van der Waals surface area contributed by atoms with E-state index in [0.717, 1.165) is 36.4 Å². The highest BCUT2D eigenvalue weighted by Gasteiger charge is 2.21. The Kier molecular flexibility index (Phi) is 4.43. The first-order valence-corrected chi connectivity index (χ1v) is 8.17. The minimum absolute atomic E-state index is 0.0822. The molecule has 0 radical (unpaired) electrons. The van der Waals surface area contributed by atoms with Gasteiger partial charge in [0.2, 0.25) is 5.91 Å². The van der Waals surface area contributed by atoms with Gasteiger partial charge < -0.3 is 15.2 Å². The predicted octanol–water partition coefficient (Wildman–Crippen LogP) is 2.38. The van der Waals surface area contributed by atoms with Gasteiger partial charge in [0.25, 0.3) is 0 Å². The molecule has 1 aliphatic heterocycles. The summed E-state index contributed by atoms with van der Waals surface area (Å²) in [7, 11) is 0. The fourth-order valence-electron chi connectivity index (χ4n) is 3.28. The van der Waals surface area contributed by atoms with Crippen molar-refractivity contribution in [3.63, 3.8) is 0 Å². The molecule has 0 aliphatic carbocycles. The van der Waals surface area contributed by atoms with E-state index in [1.165, 1.54) is 6.42 Å². The van der Waals surface area contributed by atoms with Gasteiger partial charge >= 0.3 is 0 Å². The Balaban J connectivity index is 1.73. The van der Waals surface area contributed by atoms with Crippen LogP contribution in [0.1, 0.15) is 45.0 Å². The average Bonchev–Trinajstić information content (AvgIpc) is 3.13. The highest BCUT2D eigenvalue weighted by atomic mass is 16.1. The molecule has 22 heavy (non-hydrogen) atoms. The second-order valence-electron chi connectivity index (χ2n) is 5.99. The van der Waals surface area contributed by atoms with E-state index in [-0.39, 0.29) is 11.9 Å². The summed E-state index contributed by atoms with van der Waals surface area (Å²) in [4.78, 5) is 16.9. The average molecular weight is 300 g/mol. The molecule has 0 bridgehead atoms. The van der Waals surface area contributed by atoms with Crippen molar-refractivity contribution in [2.75, 3.05) is 6.54 Å². The van der Waals surface area contributed by atoms with E-state index in [9.17, 15) is 4.79 Å². The van der Waals surface area contributed by atoms with Crippen LogP contribution in [0.5, 0.6) is 0 Å². The van der Waals surface area contributed by atoms with Crippen molar-refractivity contribution < 1.29 is 4.79 Å². The summed E-state index contributed by atoms with van der Waals surface area (Å²) in [5.74, 6) is 1.03. The van der Waals surface area contributed by atoms with Gasteiger partial charge in [0, 0.05) is 19.0 Å². The quantitative estimate of drug-likeness (QED) is 0.891. The second kappa shape index (κ2) is 6.48. The zero-order valence-electron chi connectivity index (χ0n) is 13.3. The number of carbonyl (C=O) groups excluding carboxylic acids is 1. The first-order chi connectivity index (χ1) is 10.7. The van der Waals surface area contributed by atoms with E-state index >= 15 is 0 Å². The number of nitrogens with one attached hydrogen (secondary N) is 2. The normalized spacial score (nSPS) is 19.5. The Hall–Kier alpha value is -1.88. The van der Waals surface area contributed by atoms with Crippen LogP contribution in [-0.4, -0.2) is 28.0 Å². The number of rotatable bonds is 5. The van der Waals surface area contributed by atoms with Crippen LogP contribution in [0.2, 0.25) is 0 Å². The highest BCUT2D eigenvalue weighted by Crippen LogP contribution is 2.21. The van der Waals surface area contributed by atoms with Crippen LogP contribution < -0.4 is 10.6 Å². The third-order valence-electron chi connectivity index (χ3n) is 4.36. The lowest BCUT2D eigenvalue weighted by Crippen LogP contribution is -2.34. The number of aryl methyl sites for hydroxylation is 1. The number of carbonyl (C=O) groups is 1. The first-order valence-electron chi connectivity index (χ1n) is 8.17. The fraction of sp³-hybridized carbons (Fsp3) is 0.529. The van der Waals surface area contributed by atoms with Crippen LogP contribution in [0.4, 0.5) is 0 Å². The van der Waals surface area contributed by atoms with Crippen LogP contribution in [-0.2, 0) is 11.3 Å². The van der Waals surface area contributed by atoms with E-state index in [1.54, 1.807) is 0 Å². The van der Waals surface area contributed by atoms with Gasteiger partial charge in [-0.15, -0.1) is 0 Å². The summed E-state index contributed by atoms with van der Waals surface area (Å²) in [6.07, 6.45) is 2.81. The van der Waals surface area contributed by atoms with E-state index in [2.05, 4.69) is 28.2 Å². The number of hydrogen-bond donors (Lipinski definition) is 2. The summed E-state index contributed by atoms with van der Waals surface area (Å²) < 4.78 is 2.17. The molecular weight excluding hydrogens is 276 g/mol. The minimum Gasteiger partial charge on any atom is -0.346 e. The van der Waals surface area contributed by atoms with Crippen LogP contribution in [0.15, 0.2) is 24.3 Å². The van der Waals surface area contributed by atoms with Gasteiger partial charge in [0.15, 0.2) is 0 Å². The molecule has 5 heteroatoms. The molecule has 2 N–H and O–H groups in total. The number of aromatic nitrogens is 2. The van der Waals surface area contributed by atoms with Crippen LogP contribution in [0.3, 0.4) is 0 Å². The molecule has 1 aromatic heterocycles. The largest absolute Gasteiger partial charge is 0.346 e. The Morgan fingerprint density at radius 1 is 1.50 bits per heavy atom. The maximum Gasteiger partial charge on any atom is 0.222 e. The fourth-order valence-corrected chi connectivity index (χ4v) is 3.28. The van der Waals surface area contributed by atoms with E-state index in [1.807, 2.05) is 25.1 Å². The maximum atomic E-state index is 12.2. The van der Waals surface area contributed by atoms with Crippen molar-refractivity contribution in [2.24, 2.45) is 0 Å². The summed E-state index contributed by atoms with van der Waals surface area (Å²) in [6.45, 7) is 5.99. The number of para-hydroxylation sites is 2. The minimum atomic E-state index is -0.0822. The Morgan fingerprint density at radius 3 is 3.05 bits per heavy atom. The monoisotopic (exact) mass is 300 g/mol. The number of hydrogen-bond acceptors (Lipinski definition) is 3. The molecule has 2 aromatic rings. The van der Waals surface area contributed by atoms with Gasteiger partial charge in [-0.3, -0.25) is 4.79 Å². The summed E-state index contributed by atoms with van der Waals surface area (Å²) in [5.41, 5.74) is 2.11. The lowest BCUT2D eigenvalue weighted by atomic mass is 10.1. The van der Waals surface area contributed by atoms with Crippen molar-refractivity contribution in [3.05, 3.63) is 30.1 Å². The van der Waals surface area contributed by atoms with E-state index in [4.69, 9.17) is 4.98 Å². The maximum absolute atomic E-state index is 12.2. The number of benzene rings is 1. The van der Waals surface area contributed by atoms with Crippen LogP contribution in [0, 0.1) is 0 Å². The molecule has 2 atom stereocenters. The molecule has 118 valence electrons. The third kappa shape index (κ3) is 2.99. The zero-order valence-corrected chi connectivity index (χ0v) is 13.3. The molecule has 2 unspecified atom stereocenters. The van der Waals surface area contributed by atoms with Gasteiger partial charge in [-0.1, -0.05) is 12.1 Å². The molecule has 1 amide bonds. The van der Waals surface area contributed by atoms with Crippen LogP contribution >= 0.6 is 0 Å². The lowest BCUT2D eigenvalue weighted by molar-refractivity contribution is -0.122. The Morgan fingerprint density at radius 2 is 2.32 bits per heavy atom. The topological polar surface area (TPSA) is 59.0 Å². The second-order valence-corrected chi connectivity index (χ2v) is 5.99. The molecule has 3 rings (SSSR count). The van der Waals surface area contributed by atoms with Crippen molar-refractivity contribution in [1.29, 1.82) is 0 Å². The smallest absolute Gasteiger partial charge is 0.222 e. The number of imidazole rings is 1. The molecule has 0 spiro atoms. The first kappa shape index (κ1) is 15.0. The molecule has 5 nitrogen and oxygen atoms in total. The summed E-state index contributed by atoms with van der Waals surface area (Å²) in [5, 5.41) is 6.46. The van der Waals surface area contributed by atoms with E-state index < -0.39 is 0 Å². The van der Waals surface area contributed by atoms with Crippen molar-refractivity contribution >= 4 is 16.9 Å². The Labute approximate surface area is 131 Å². The summed E-state index contributed by atoms with van der Waals surface area (Å²) >= 11 is 0. The van der Waals surface area contributed by atoms with Crippen LogP contribution in [0.25, 0.3) is 11.0 Å². The lowest BCUT2D eigenvalue weighted by Gasteiger charge is -2.17.